The summed E-state index contributed by atoms with van der Waals surface area (Å²) in [5.41, 5.74) is 10.2. The van der Waals surface area contributed by atoms with Gasteiger partial charge < -0.3 is 48.1 Å². The Bertz CT molecular complexity index is 923. The molecule has 4 atom stereocenters. The van der Waals surface area contributed by atoms with Crippen LogP contribution in [-0.2, 0) is 38.4 Å². The molecule has 5 amide bonds. The molecule has 0 saturated heterocycles. The highest BCUT2D eigenvalue weighted by Crippen LogP contribution is 2.08. The number of hydrogen-bond donors (Lipinski definition) is 9. The Kier molecular flexibility index (Phi) is 14.6. The third-order valence-electron chi connectivity index (χ3n) is 4.86. The monoisotopic (exact) mass is 546 g/mol. The SMILES string of the molecule is CC(C)C[C@H](NC(=O)[C@H](CC(=O)O)NC(=O)[C@H](CCC(=O)O)NC(=O)CN)C(=O)N[C@@H](CC(N)=O)C(=O)O. The normalized spacial score (nSPS) is 13.8. The Morgan fingerprint density at radius 2 is 1.18 bits per heavy atom. The summed E-state index contributed by atoms with van der Waals surface area (Å²) in [5.74, 6) is -9.63. The molecule has 0 aliphatic heterocycles. The van der Waals surface area contributed by atoms with E-state index in [1.165, 1.54) is 0 Å². The van der Waals surface area contributed by atoms with E-state index in [4.69, 9.17) is 16.6 Å². The van der Waals surface area contributed by atoms with Gasteiger partial charge in [0.05, 0.1) is 19.4 Å². The highest BCUT2D eigenvalue weighted by atomic mass is 16.4. The molecule has 38 heavy (non-hydrogen) atoms. The molecule has 0 aromatic rings. The number of carboxylic acid groups (broad SMARTS) is 3. The molecule has 0 aromatic heterocycles. The highest BCUT2D eigenvalue weighted by molar-refractivity contribution is 5.97. The fourth-order valence-electron chi connectivity index (χ4n) is 3.09. The second-order valence-electron chi connectivity index (χ2n) is 8.68. The zero-order valence-corrected chi connectivity index (χ0v) is 20.9. The van der Waals surface area contributed by atoms with E-state index in [9.17, 15) is 48.6 Å². The Labute approximate surface area is 217 Å². The topological polar surface area (TPSA) is 297 Å². The summed E-state index contributed by atoms with van der Waals surface area (Å²) in [6, 6.07) is -6.33. The van der Waals surface area contributed by atoms with Crippen LogP contribution in [0.3, 0.4) is 0 Å². The maximum Gasteiger partial charge on any atom is 0.326 e. The van der Waals surface area contributed by atoms with Gasteiger partial charge in [0, 0.05) is 6.42 Å². The molecule has 0 aromatic carbocycles. The molecule has 0 rings (SSSR count). The zero-order valence-electron chi connectivity index (χ0n) is 20.9. The lowest BCUT2D eigenvalue weighted by Crippen LogP contribution is -2.58. The quantitative estimate of drug-likeness (QED) is 0.0800. The molecule has 0 aliphatic rings. The number of aliphatic carboxylic acids is 3. The minimum Gasteiger partial charge on any atom is -0.481 e. The van der Waals surface area contributed by atoms with E-state index in [-0.39, 0.29) is 12.3 Å². The van der Waals surface area contributed by atoms with E-state index in [1.807, 2.05) is 0 Å². The number of carbonyl (C=O) groups is 8. The van der Waals surface area contributed by atoms with E-state index in [2.05, 4.69) is 21.3 Å². The summed E-state index contributed by atoms with van der Waals surface area (Å²) >= 11 is 0. The average molecular weight is 547 g/mol. The Morgan fingerprint density at radius 3 is 1.63 bits per heavy atom. The van der Waals surface area contributed by atoms with Crippen molar-refractivity contribution in [2.45, 2.75) is 70.1 Å². The minimum atomic E-state index is -1.77. The molecule has 0 bridgehead atoms. The number of nitrogens with two attached hydrogens (primary N) is 2. The molecule has 0 heterocycles. The van der Waals surface area contributed by atoms with Gasteiger partial charge in [-0.1, -0.05) is 13.8 Å². The third kappa shape index (κ3) is 13.7. The summed E-state index contributed by atoms with van der Waals surface area (Å²) < 4.78 is 0. The van der Waals surface area contributed by atoms with Gasteiger partial charge in [-0.15, -0.1) is 0 Å². The summed E-state index contributed by atoms with van der Waals surface area (Å²) in [7, 11) is 0. The van der Waals surface area contributed by atoms with Gasteiger partial charge in [0.15, 0.2) is 0 Å². The predicted molar refractivity (Wildman–Crippen MR) is 127 cm³/mol. The third-order valence-corrected chi connectivity index (χ3v) is 4.86. The molecule has 0 fully saturated rings. The summed E-state index contributed by atoms with van der Waals surface area (Å²) in [6.07, 6.45) is -2.67. The highest BCUT2D eigenvalue weighted by Gasteiger charge is 2.33. The van der Waals surface area contributed by atoms with Gasteiger partial charge >= 0.3 is 17.9 Å². The van der Waals surface area contributed by atoms with Crippen molar-refractivity contribution >= 4 is 47.4 Å². The summed E-state index contributed by atoms with van der Waals surface area (Å²) in [4.78, 5) is 94.7. The lowest BCUT2D eigenvalue weighted by atomic mass is 10.0. The molecule has 0 unspecified atom stereocenters. The molecule has 214 valence electrons. The summed E-state index contributed by atoms with van der Waals surface area (Å²) in [6.45, 7) is 2.82. The molecular weight excluding hydrogens is 512 g/mol. The minimum absolute atomic E-state index is 0.0397. The van der Waals surface area contributed by atoms with Crippen LogP contribution in [0.15, 0.2) is 0 Å². The molecule has 17 heteroatoms. The second-order valence-corrected chi connectivity index (χ2v) is 8.68. The molecule has 0 spiro atoms. The number of hydrogen-bond acceptors (Lipinski definition) is 9. The van der Waals surface area contributed by atoms with E-state index >= 15 is 0 Å². The van der Waals surface area contributed by atoms with Crippen LogP contribution >= 0.6 is 0 Å². The first-order valence-corrected chi connectivity index (χ1v) is 11.4. The Morgan fingerprint density at radius 1 is 0.684 bits per heavy atom. The first-order valence-electron chi connectivity index (χ1n) is 11.4. The average Bonchev–Trinajstić information content (AvgIpc) is 2.78. The number of rotatable bonds is 18. The molecule has 0 aliphatic carbocycles. The van der Waals surface area contributed by atoms with Gasteiger partial charge in [-0.3, -0.25) is 33.6 Å². The van der Waals surface area contributed by atoms with Gasteiger partial charge in [-0.05, 0) is 18.8 Å². The van der Waals surface area contributed by atoms with E-state index in [1.54, 1.807) is 13.8 Å². The Hall–Kier alpha value is -4.28. The lowest BCUT2D eigenvalue weighted by molar-refractivity contribution is -0.144. The van der Waals surface area contributed by atoms with Gasteiger partial charge in [-0.2, -0.15) is 0 Å². The summed E-state index contributed by atoms with van der Waals surface area (Å²) in [5, 5.41) is 35.9. The number of carboxylic acids is 3. The zero-order chi connectivity index (χ0) is 29.6. The van der Waals surface area contributed by atoms with Crippen LogP contribution in [0.4, 0.5) is 0 Å². The van der Waals surface area contributed by atoms with Crippen LogP contribution in [0.1, 0.15) is 46.0 Å². The van der Waals surface area contributed by atoms with Crippen LogP contribution in [0.25, 0.3) is 0 Å². The van der Waals surface area contributed by atoms with Crippen LogP contribution in [0.5, 0.6) is 0 Å². The predicted octanol–water partition coefficient (Wildman–Crippen LogP) is -3.77. The van der Waals surface area contributed by atoms with E-state index in [0.717, 1.165) is 0 Å². The Balaban J connectivity index is 5.81. The number of amides is 5. The van der Waals surface area contributed by atoms with Gasteiger partial charge in [0.2, 0.25) is 29.5 Å². The van der Waals surface area contributed by atoms with Crippen molar-refractivity contribution in [1.82, 2.24) is 21.3 Å². The van der Waals surface area contributed by atoms with Crippen LogP contribution in [0.2, 0.25) is 0 Å². The molecule has 11 N–H and O–H groups in total. The second kappa shape index (κ2) is 16.5. The van der Waals surface area contributed by atoms with Crippen molar-refractivity contribution in [3.05, 3.63) is 0 Å². The number of nitrogens with one attached hydrogen (secondary N) is 4. The van der Waals surface area contributed by atoms with Crippen molar-refractivity contribution in [2.24, 2.45) is 17.4 Å². The van der Waals surface area contributed by atoms with Gasteiger partial charge in [0.1, 0.15) is 24.2 Å². The maximum absolute atomic E-state index is 12.9. The van der Waals surface area contributed by atoms with Crippen LogP contribution in [0, 0.1) is 5.92 Å². The standard InChI is InChI=1S/C21H34N6O11/c1-9(2)5-11(19(35)27-13(21(37)38)6-14(23)28)25-20(36)12(7-17(32)33)26-18(34)10(3-4-16(30)31)24-15(29)8-22/h9-13H,3-8,22H2,1-2H3,(H2,23,28)(H,24,29)(H,25,36)(H,26,34)(H,27,35)(H,30,31)(H,32,33)(H,37,38)/t10-,11-,12-,13-/m0/s1. The lowest BCUT2D eigenvalue weighted by Gasteiger charge is -2.26. The molecular formula is C21H34N6O11. The van der Waals surface area contributed by atoms with Crippen molar-refractivity contribution in [2.75, 3.05) is 6.54 Å². The van der Waals surface area contributed by atoms with Crippen molar-refractivity contribution in [1.29, 1.82) is 0 Å². The molecule has 17 nitrogen and oxygen atoms in total. The van der Waals surface area contributed by atoms with Crippen molar-refractivity contribution < 1.29 is 53.7 Å². The maximum atomic E-state index is 12.9. The van der Waals surface area contributed by atoms with Crippen LogP contribution in [-0.4, -0.2) is 93.5 Å². The van der Waals surface area contributed by atoms with Gasteiger partial charge in [-0.25, -0.2) is 4.79 Å². The molecule has 0 radical (unpaired) electrons. The van der Waals surface area contributed by atoms with Gasteiger partial charge in [0.25, 0.3) is 0 Å². The molecule has 0 saturated carbocycles. The fourth-order valence-corrected chi connectivity index (χ4v) is 3.09. The van der Waals surface area contributed by atoms with Crippen LogP contribution < -0.4 is 32.7 Å². The van der Waals surface area contributed by atoms with Crippen molar-refractivity contribution in [3.63, 3.8) is 0 Å². The van der Waals surface area contributed by atoms with E-state index < -0.39 is 104 Å². The first kappa shape index (κ1) is 33.7. The van der Waals surface area contributed by atoms with Crippen molar-refractivity contribution in [3.8, 4) is 0 Å². The smallest absolute Gasteiger partial charge is 0.326 e. The fraction of sp³-hybridized carbons (Fsp3) is 0.619. The number of carbonyl (C=O) groups excluding carboxylic acids is 5. The van der Waals surface area contributed by atoms with E-state index in [0.29, 0.717) is 0 Å². The first-order chi connectivity index (χ1) is 17.6. The largest absolute Gasteiger partial charge is 0.481 e. The number of primary amides is 1.